The third kappa shape index (κ3) is 1.74. The molecule has 4 heteroatoms. The molecule has 0 aromatic heterocycles. The van der Waals surface area contributed by atoms with Crippen LogP contribution in [0.25, 0.3) is 0 Å². The SMILES string of the molecule is OC(O)C1C=NCCN1. The van der Waals surface area contributed by atoms with Gasteiger partial charge in [-0.15, -0.1) is 0 Å². The van der Waals surface area contributed by atoms with E-state index in [1.165, 1.54) is 6.21 Å². The molecule has 0 bridgehead atoms. The van der Waals surface area contributed by atoms with Gasteiger partial charge in [-0.2, -0.15) is 0 Å². The quantitative estimate of drug-likeness (QED) is 0.372. The van der Waals surface area contributed by atoms with Crippen molar-refractivity contribution < 1.29 is 10.2 Å². The highest BCUT2D eigenvalue weighted by atomic mass is 16.5. The van der Waals surface area contributed by atoms with Crippen molar-refractivity contribution in [2.24, 2.45) is 4.99 Å². The molecule has 1 aliphatic rings. The lowest BCUT2D eigenvalue weighted by Gasteiger charge is -2.18. The number of aliphatic imine (C=N–C) groups is 1. The first-order valence-electron chi connectivity index (χ1n) is 2.90. The Kier molecular flexibility index (Phi) is 2.16. The molecule has 0 aromatic carbocycles. The lowest BCUT2D eigenvalue weighted by atomic mass is 10.3. The summed E-state index contributed by atoms with van der Waals surface area (Å²) < 4.78 is 0. The first kappa shape index (κ1) is 6.67. The molecular formula is C5H10N2O2. The molecule has 52 valence electrons. The third-order valence-electron chi connectivity index (χ3n) is 1.21. The van der Waals surface area contributed by atoms with Crippen molar-refractivity contribution in [3.8, 4) is 0 Å². The van der Waals surface area contributed by atoms with Crippen LogP contribution in [0.3, 0.4) is 0 Å². The van der Waals surface area contributed by atoms with Crippen LogP contribution in [0.4, 0.5) is 0 Å². The molecule has 0 aliphatic carbocycles. The molecule has 0 saturated carbocycles. The van der Waals surface area contributed by atoms with E-state index in [0.29, 0.717) is 0 Å². The predicted molar refractivity (Wildman–Crippen MR) is 33.4 cm³/mol. The monoisotopic (exact) mass is 130 g/mol. The largest absolute Gasteiger partial charge is 0.366 e. The number of hydrogen-bond donors (Lipinski definition) is 3. The Balaban J connectivity index is 2.40. The maximum Gasteiger partial charge on any atom is 0.172 e. The van der Waals surface area contributed by atoms with Crippen LogP contribution < -0.4 is 5.32 Å². The molecule has 0 amide bonds. The standard InChI is InChI=1S/C5H10N2O2/c8-5(9)4-3-6-1-2-7-4/h3-5,7-9H,1-2H2. The van der Waals surface area contributed by atoms with Crippen LogP contribution in [0.5, 0.6) is 0 Å². The molecule has 0 aromatic rings. The second-order valence-electron chi connectivity index (χ2n) is 1.95. The summed E-state index contributed by atoms with van der Waals surface area (Å²) in [4.78, 5) is 3.87. The van der Waals surface area contributed by atoms with Gasteiger partial charge in [-0.1, -0.05) is 0 Å². The van der Waals surface area contributed by atoms with E-state index >= 15 is 0 Å². The van der Waals surface area contributed by atoms with Crippen LogP contribution in [-0.4, -0.2) is 41.8 Å². The van der Waals surface area contributed by atoms with Crippen LogP contribution in [0, 0.1) is 0 Å². The van der Waals surface area contributed by atoms with E-state index < -0.39 is 6.29 Å². The van der Waals surface area contributed by atoms with Gasteiger partial charge in [0.1, 0.15) is 0 Å². The molecule has 9 heavy (non-hydrogen) atoms. The van der Waals surface area contributed by atoms with E-state index in [1.54, 1.807) is 0 Å². The zero-order valence-electron chi connectivity index (χ0n) is 4.99. The fraction of sp³-hybridized carbons (Fsp3) is 0.800. The molecule has 3 N–H and O–H groups in total. The highest BCUT2D eigenvalue weighted by Gasteiger charge is 2.14. The molecule has 4 nitrogen and oxygen atoms in total. The summed E-state index contributed by atoms with van der Waals surface area (Å²) in [6.45, 7) is 1.45. The van der Waals surface area contributed by atoms with Gasteiger partial charge < -0.3 is 15.5 Å². The normalized spacial score (nSPS) is 27.2. The molecular weight excluding hydrogens is 120 g/mol. The molecule has 0 saturated heterocycles. The maximum absolute atomic E-state index is 8.58. The Morgan fingerprint density at radius 3 is 2.78 bits per heavy atom. The van der Waals surface area contributed by atoms with Gasteiger partial charge in [0, 0.05) is 12.8 Å². The lowest BCUT2D eigenvalue weighted by molar-refractivity contribution is -0.0504. The minimum absolute atomic E-state index is 0.376. The number of nitrogens with one attached hydrogen (secondary N) is 1. The van der Waals surface area contributed by atoms with Gasteiger partial charge in [-0.05, 0) is 0 Å². The Labute approximate surface area is 53.2 Å². The summed E-state index contributed by atoms with van der Waals surface area (Å²) in [6.07, 6.45) is 0.197. The Morgan fingerprint density at radius 2 is 2.44 bits per heavy atom. The van der Waals surface area contributed by atoms with Crippen LogP contribution in [0.15, 0.2) is 4.99 Å². The lowest BCUT2D eigenvalue weighted by Crippen LogP contribution is -2.44. The number of aliphatic hydroxyl groups excluding tert-OH is 1. The van der Waals surface area contributed by atoms with E-state index in [1.807, 2.05) is 0 Å². The van der Waals surface area contributed by atoms with E-state index in [4.69, 9.17) is 10.2 Å². The Hall–Kier alpha value is -0.450. The summed E-state index contributed by atoms with van der Waals surface area (Å²) in [5.41, 5.74) is 0. The fourth-order valence-electron chi connectivity index (χ4n) is 0.719. The van der Waals surface area contributed by atoms with Crippen molar-refractivity contribution in [3.63, 3.8) is 0 Å². The number of nitrogens with zero attached hydrogens (tertiary/aromatic N) is 1. The predicted octanol–water partition coefficient (Wildman–Crippen LogP) is -1.66. The van der Waals surface area contributed by atoms with Gasteiger partial charge in [-0.25, -0.2) is 0 Å². The summed E-state index contributed by atoms with van der Waals surface area (Å²) in [7, 11) is 0. The molecule has 1 atom stereocenters. The fourth-order valence-corrected chi connectivity index (χ4v) is 0.719. The van der Waals surface area contributed by atoms with E-state index in [9.17, 15) is 0 Å². The van der Waals surface area contributed by atoms with Gasteiger partial charge in [-0.3, -0.25) is 4.99 Å². The molecule has 0 radical (unpaired) electrons. The second kappa shape index (κ2) is 2.91. The van der Waals surface area contributed by atoms with E-state index in [0.717, 1.165) is 13.1 Å². The molecule has 1 heterocycles. The zero-order valence-corrected chi connectivity index (χ0v) is 4.99. The molecule has 1 rings (SSSR count). The highest BCUT2D eigenvalue weighted by molar-refractivity contribution is 5.65. The first-order valence-corrected chi connectivity index (χ1v) is 2.90. The van der Waals surface area contributed by atoms with Crippen molar-refractivity contribution in [1.82, 2.24) is 5.32 Å². The third-order valence-corrected chi connectivity index (χ3v) is 1.21. The van der Waals surface area contributed by atoms with Gasteiger partial charge >= 0.3 is 0 Å². The van der Waals surface area contributed by atoms with Crippen LogP contribution in [-0.2, 0) is 0 Å². The minimum Gasteiger partial charge on any atom is -0.366 e. The Bertz CT molecular complexity index is 114. The topological polar surface area (TPSA) is 64.8 Å². The number of aliphatic hydroxyl groups is 2. The molecule has 0 fully saturated rings. The molecule has 1 aliphatic heterocycles. The van der Waals surface area contributed by atoms with Gasteiger partial charge in [0.2, 0.25) is 0 Å². The van der Waals surface area contributed by atoms with Crippen molar-refractivity contribution in [2.75, 3.05) is 13.1 Å². The zero-order chi connectivity index (χ0) is 6.69. The van der Waals surface area contributed by atoms with Crippen molar-refractivity contribution in [3.05, 3.63) is 0 Å². The molecule has 1 unspecified atom stereocenters. The summed E-state index contributed by atoms with van der Waals surface area (Å²) >= 11 is 0. The smallest absolute Gasteiger partial charge is 0.172 e. The van der Waals surface area contributed by atoms with Crippen LogP contribution in [0.2, 0.25) is 0 Å². The summed E-state index contributed by atoms with van der Waals surface area (Å²) in [5.74, 6) is 0. The average Bonchev–Trinajstić information content (AvgIpc) is 1.90. The van der Waals surface area contributed by atoms with Crippen LogP contribution >= 0.6 is 0 Å². The average molecular weight is 130 g/mol. The van der Waals surface area contributed by atoms with Gasteiger partial charge in [0.25, 0.3) is 0 Å². The minimum atomic E-state index is -1.32. The summed E-state index contributed by atoms with van der Waals surface area (Å²) in [5, 5.41) is 20.0. The van der Waals surface area contributed by atoms with Gasteiger partial charge in [0.15, 0.2) is 6.29 Å². The van der Waals surface area contributed by atoms with Crippen molar-refractivity contribution in [1.29, 1.82) is 0 Å². The second-order valence-corrected chi connectivity index (χ2v) is 1.95. The number of hydrogen-bond acceptors (Lipinski definition) is 4. The number of rotatable bonds is 1. The molecule has 0 spiro atoms. The van der Waals surface area contributed by atoms with Gasteiger partial charge in [0.05, 0.1) is 12.6 Å². The highest BCUT2D eigenvalue weighted by Crippen LogP contribution is 1.89. The van der Waals surface area contributed by atoms with E-state index in [2.05, 4.69) is 10.3 Å². The Morgan fingerprint density at radius 1 is 1.67 bits per heavy atom. The maximum atomic E-state index is 8.58. The van der Waals surface area contributed by atoms with Crippen LogP contribution in [0.1, 0.15) is 0 Å². The van der Waals surface area contributed by atoms with Crippen molar-refractivity contribution in [2.45, 2.75) is 12.3 Å². The first-order chi connectivity index (χ1) is 4.30. The van der Waals surface area contributed by atoms with Crippen molar-refractivity contribution >= 4 is 6.21 Å². The summed E-state index contributed by atoms with van der Waals surface area (Å²) in [6, 6.07) is -0.376. The van der Waals surface area contributed by atoms with E-state index in [-0.39, 0.29) is 6.04 Å².